The molecule has 0 radical (unpaired) electrons. The Morgan fingerprint density at radius 2 is 1.88 bits per heavy atom. The second-order valence-electron chi connectivity index (χ2n) is 7.55. The summed E-state index contributed by atoms with van der Waals surface area (Å²) in [6, 6.07) is 8.57. The second kappa shape index (κ2) is 10.2. The van der Waals surface area contributed by atoms with E-state index in [1.807, 2.05) is 19.3 Å². The molecular weight excluding hydrogens is 446 g/mol. The lowest BCUT2D eigenvalue weighted by Crippen LogP contribution is -2.43. The van der Waals surface area contributed by atoms with E-state index in [2.05, 4.69) is 20.9 Å². The minimum absolute atomic E-state index is 0.0619. The summed E-state index contributed by atoms with van der Waals surface area (Å²) in [5.41, 5.74) is 7.00. The van der Waals surface area contributed by atoms with Crippen molar-refractivity contribution in [3.63, 3.8) is 0 Å². The van der Waals surface area contributed by atoms with Gasteiger partial charge in [0.05, 0.1) is 16.2 Å². The van der Waals surface area contributed by atoms with Crippen molar-refractivity contribution in [3.05, 3.63) is 75.9 Å². The van der Waals surface area contributed by atoms with Gasteiger partial charge in [-0.1, -0.05) is 26.0 Å². The van der Waals surface area contributed by atoms with Gasteiger partial charge in [-0.3, -0.25) is 35.5 Å². The van der Waals surface area contributed by atoms with Crippen molar-refractivity contribution >= 4 is 23.6 Å². The van der Waals surface area contributed by atoms with Crippen LogP contribution in [-0.4, -0.2) is 42.8 Å². The Hall–Kier alpha value is -4.81. The second-order valence-corrected chi connectivity index (χ2v) is 7.55. The van der Waals surface area contributed by atoms with E-state index in [-0.39, 0.29) is 34.0 Å². The molecule has 0 aliphatic carbocycles. The first-order valence-electron chi connectivity index (χ1n) is 10.0. The predicted octanol–water partition coefficient (Wildman–Crippen LogP) is 2.35. The highest BCUT2D eigenvalue weighted by Crippen LogP contribution is 2.31. The van der Waals surface area contributed by atoms with Crippen LogP contribution >= 0.6 is 0 Å². The Morgan fingerprint density at radius 1 is 1.15 bits per heavy atom. The average Bonchev–Trinajstić information content (AvgIpc) is 3.14. The maximum Gasteiger partial charge on any atom is 0.425 e. The highest BCUT2D eigenvalue weighted by Gasteiger charge is 2.27. The first-order chi connectivity index (χ1) is 16.2. The molecule has 13 heteroatoms. The SMILES string of the molecule is CC(C)Cc1nn(NC(=O)O)c(C(=O)NNC(=O)c2cccnc2)c1-c1cccc([N+](=O)[O-])c1. The van der Waals surface area contributed by atoms with Crippen LogP contribution in [0.5, 0.6) is 0 Å². The Morgan fingerprint density at radius 3 is 2.50 bits per heavy atom. The summed E-state index contributed by atoms with van der Waals surface area (Å²) in [5, 5.41) is 24.8. The largest absolute Gasteiger partial charge is 0.464 e. The van der Waals surface area contributed by atoms with Gasteiger partial charge >= 0.3 is 6.09 Å². The van der Waals surface area contributed by atoms with Crippen LogP contribution in [0.4, 0.5) is 10.5 Å². The lowest BCUT2D eigenvalue weighted by atomic mass is 9.97. The summed E-state index contributed by atoms with van der Waals surface area (Å²) in [7, 11) is 0. The van der Waals surface area contributed by atoms with E-state index in [1.165, 1.54) is 36.7 Å². The topological polar surface area (TPSA) is 181 Å². The van der Waals surface area contributed by atoms with Gasteiger partial charge < -0.3 is 5.11 Å². The van der Waals surface area contributed by atoms with Gasteiger partial charge in [-0.2, -0.15) is 9.89 Å². The molecule has 2 heterocycles. The van der Waals surface area contributed by atoms with E-state index in [0.29, 0.717) is 12.1 Å². The van der Waals surface area contributed by atoms with Gasteiger partial charge in [0, 0.05) is 30.1 Å². The monoisotopic (exact) mass is 467 g/mol. The number of benzene rings is 1. The number of nitrogens with zero attached hydrogens (tertiary/aromatic N) is 4. The summed E-state index contributed by atoms with van der Waals surface area (Å²) >= 11 is 0. The van der Waals surface area contributed by atoms with Crippen molar-refractivity contribution in [2.75, 3.05) is 5.43 Å². The fourth-order valence-corrected chi connectivity index (χ4v) is 3.19. The number of hydrogen-bond donors (Lipinski definition) is 4. The van der Waals surface area contributed by atoms with E-state index >= 15 is 0 Å². The number of non-ortho nitro benzene ring substituents is 1. The minimum atomic E-state index is -1.49. The quantitative estimate of drug-likeness (QED) is 0.302. The zero-order valence-electron chi connectivity index (χ0n) is 18.2. The fourth-order valence-electron chi connectivity index (χ4n) is 3.19. The molecule has 0 atom stereocenters. The van der Waals surface area contributed by atoms with Crippen molar-refractivity contribution in [2.45, 2.75) is 20.3 Å². The number of amides is 3. The van der Waals surface area contributed by atoms with E-state index in [1.54, 1.807) is 12.1 Å². The molecule has 2 aromatic heterocycles. The number of hydrazine groups is 1. The Balaban J connectivity index is 2.07. The van der Waals surface area contributed by atoms with Gasteiger partial charge in [0.1, 0.15) is 0 Å². The number of carboxylic acid groups (broad SMARTS) is 1. The third kappa shape index (κ3) is 5.51. The molecule has 3 rings (SSSR count). The Labute approximate surface area is 192 Å². The van der Waals surface area contributed by atoms with Crippen molar-refractivity contribution in [2.24, 2.45) is 5.92 Å². The summed E-state index contributed by atoms with van der Waals surface area (Å²) in [5.74, 6) is -1.49. The van der Waals surface area contributed by atoms with Crippen LogP contribution in [0.1, 0.15) is 40.4 Å². The minimum Gasteiger partial charge on any atom is -0.464 e. The van der Waals surface area contributed by atoms with Crippen LogP contribution in [0.25, 0.3) is 11.1 Å². The molecule has 176 valence electrons. The van der Waals surface area contributed by atoms with Crippen LogP contribution in [0.15, 0.2) is 48.8 Å². The molecule has 34 heavy (non-hydrogen) atoms. The molecule has 0 unspecified atom stereocenters. The van der Waals surface area contributed by atoms with Crippen LogP contribution < -0.4 is 16.3 Å². The number of rotatable bonds is 7. The Bertz CT molecular complexity index is 1240. The predicted molar refractivity (Wildman–Crippen MR) is 119 cm³/mol. The van der Waals surface area contributed by atoms with Crippen LogP contribution in [0.2, 0.25) is 0 Å². The molecule has 0 aliphatic rings. The molecule has 3 amide bonds. The molecular formula is C21H21N7O6. The Kier molecular flexibility index (Phi) is 7.16. The van der Waals surface area contributed by atoms with Gasteiger partial charge in [-0.15, -0.1) is 0 Å². The van der Waals surface area contributed by atoms with Gasteiger partial charge in [0.2, 0.25) is 0 Å². The maximum absolute atomic E-state index is 13.1. The number of nitro groups is 1. The molecule has 3 aromatic rings. The zero-order valence-corrected chi connectivity index (χ0v) is 18.2. The highest BCUT2D eigenvalue weighted by molar-refractivity contribution is 6.02. The van der Waals surface area contributed by atoms with Gasteiger partial charge in [-0.25, -0.2) is 10.2 Å². The van der Waals surface area contributed by atoms with Gasteiger partial charge in [0.15, 0.2) is 5.69 Å². The third-order valence-corrected chi connectivity index (χ3v) is 4.54. The molecule has 0 saturated carbocycles. The van der Waals surface area contributed by atoms with E-state index < -0.39 is 22.8 Å². The van der Waals surface area contributed by atoms with Crippen LogP contribution in [0, 0.1) is 16.0 Å². The molecule has 0 aliphatic heterocycles. The van der Waals surface area contributed by atoms with Crippen molar-refractivity contribution in [1.29, 1.82) is 0 Å². The number of carbonyl (C=O) groups excluding carboxylic acids is 2. The normalized spacial score (nSPS) is 10.6. The number of carbonyl (C=O) groups is 3. The lowest BCUT2D eigenvalue weighted by molar-refractivity contribution is -0.384. The van der Waals surface area contributed by atoms with E-state index in [0.717, 1.165) is 4.79 Å². The summed E-state index contributed by atoms with van der Waals surface area (Å²) in [6.45, 7) is 3.80. The fraction of sp³-hybridized carbons (Fsp3) is 0.190. The van der Waals surface area contributed by atoms with Crippen molar-refractivity contribution in [1.82, 2.24) is 25.7 Å². The molecule has 1 aromatic carbocycles. The molecule has 13 nitrogen and oxygen atoms in total. The van der Waals surface area contributed by atoms with Crippen LogP contribution in [0.3, 0.4) is 0 Å². The van der Waals surface area contributed by atoms with E-state index in [9.17, 15) is 29.6 Å². The summed E-state index contributed by atoms with van der Waals surface area (Å²) < 4.78 is 0. The zero-order chi connectivity index (χ0) is 24.8. The number of nitrogens with one attached hydrogen (secondary N) is 3. The van der Waals surface area contributed by atoms with Gasteiger partial charge in [0.25, 0.3) is 17.5 Å². The molecule has 0 spiro atoms. The standard InChI is InChI=1S/C21H21N7O6/c1-12(2)9-16-17(13-5-3-7-15(10-13)28(33)34)18(27(25-16)26-21(31)32)20(30)24-23-19(29)14-6-4-8-22-11-14/h3-8,10-12,26H,9H2,1-2H3,(H,23,29)(H,24,30)(H,31,32). The smallest absolute Gasteiger partial charge is 0.425 e. The molecule has 4 N–H and O–H groups in total. The van der Waals surface area contributed by atoms with E-state index in [4.69, 9.17) is 0 Å². The van der Waals surface area contributed by atoms with Crippen molar-refractivity contribution in [3.8, 4) is 11.1 Å². The number of aromatic nitrogens is 3. The summed E-state index contributed by atoms with van der Waals surface area (Å²) in [4.78, 5) is 52.1. The average molecular weight is 467 g/mol. The third-order valence-electron chi connectivity index (χ3n) is 4.54. The number of nitro benzene ring substituents is 1. The lowest BCUT2D eigenvalue weighted by Gasteiger charge is -2.11. The van der Waals surface area contributed by atoms with Gasteiger partial charge in [-0.05, 0) is 30.0 Å². The molecule has 0 saturated heterocycles. The number of pyridine rings is 1. The summed E-state index contributed by atoms with van der Waals surface area (Å²) in [6.07, 6.45) is 1.63. The number of hydrogen-bond acceptors (Lipinski definition) is 7. The van der Waals surface area contributed by atoms with Crippen molar-refractivity contribution < 1.29 is 24.4 Å². The highest BCUT2D eigenvalue weighted by atomic mass is 16.6. The molecule has 0 fully saturated rings. The van der Waals surface area contributed by atoms with Crippen LogP contribution in [-0.2, 0) is 6.42 Å². The maximum atomic E-state index is 13.1. The first kappa shape index (κ1) is 23.8. The molecule has 0 bridgehead atoms. The first-order valence-corrected chi connectivity index (χ1v) is 10.0.